The van der Waals surface area contributed by atoms with Gasteiger partial charge in [-0.3, -0.25) is 14.3 Å². The van der Waals surface area contributed by atoms with Gasteiger partial charge < -0.3 is 4.90 Å². The number of benzene rings is 3. The molecule has 2 heterocycles. The molecule has 0 bridgehead atoms. The lowest BCUT2D eigenvalue weighted by molar-refractivity contribution is 0.0683. The SMILES string of the molecule is Cc1ccc(-n2c(CN(C(=O)c3c(C)cc(C)cc3C)C(C)C)nc3cc(-c4cccnc4)ccc32)cc1. The fourth-order valence-corrected chi connectivity index (χ4v) is 5.23. The Morgan fingerprint density at radius 1 is 0.868 bits per heavy atom. The zero-order valence-corrected chi connectivity index (χ0v) is 23.0. The molecule has 38 heavy (non-hydrogen) atoms. The van der Waals surface area contributed by atoms with Crippen LogP contribution in [0.2, 0.25) is 0 Å². The molecule has 0 N–H and O–H groups in total. The third-order valence-corrected chi connectivity index (χ3v) is 7.10. The molecule has 0 aliphatic carbocycles. The van der Waals surface area contributed by atoms with Crippen LogP contribution < -0.4 is 0 Å². The summed E-state index contributed by atoms with van der Waals surface area (Å²) in [4.78, 5) is 25.3. The predicted octanol–water partition coefficient (Wildman–Crippen LogP) is 7.37. The van der Waals surface area contributed by atoms with Crippen LogP contribution in [0.25, 0.3) is 27.8 Å². The van der Waals surface area contributed by atoms with Crippen LogP contribution in [0, 0.1) is 27.7 Å². The Labute approximate surface area is 224 Å². The number of carbonyl (C=O) groups is 1. The van der Waals surface area contributed by atoms with Crippen LogP contribution in [-0.4, -0.2) is 31.4 Å². The number of pyridine rings is 1. The Morgan fingerprint density at radius 2 is 1.58 bits per heavy atom. The maximum absolute atomic E-state index is 14.0. The lowest BCUT2D eigenvalue weighted by atomic mass is 9.98. The van der Waals surface area contributed by atoms with Crippen molar-refractivity contribution in [2.24, 2.45) is 0 Å². The molecule has 0 atom stereocenters. The lowest BCUT2D eigenvalue weighted by Gasteiger charge is -2.28. The summed E-state index contributed by atoms with van der Waals surface area (Å²) in [5.41, 5.74) is 10.2. The number of nitrogens with zero attached hydrogens (tertiary/aromatic N) is 4. The van der Waals surface area contributed by atoms with E-state index in [9.17, 15) is 4.79 Å². The maximum Gasteiger partial charge on any atom is 0.255 e. The highest BCUT2D eigenvalue weighted by Crippen LogP contribution is 2.29. The van der Waals surface area contributed by atoms with E-state index in [1.807, 2.05) is 31.0 Å². The highest BCUT2D eigenvalue weighted by atomic mass is 16.2. The minimum Gasteiger partial charge on any atom is -0.329 e. The van der Waals surface area contributed by atoms with Gasteiger partial charge in [0.05, 0.1) is 17.6 Å². The average molecular weight is 503 g/mol. The topological polar surface area (TPSA) is 51.0 Å². The van der Waals surface area contributed by atoms with Crippen LogP contribution >= 0.6 is 0 Å². The summed E-state index contributed by atoms with van der Waals surface area (Å²) in [6.07, 6.45) is 3.64. The number of hydrogen-bond donors (Lipinski definition) is 0. The summed E-state index contributed by atoms with van der Waals surface area (Å²) in [5.74, 6) is 0.866. The number of amides is 1. The summed E-state index contributed by atoms with van der Waals surface area (Å²) in [6, 6.07) is 22.9. The molecule has 0 radical (unpaired) electrons. The monoisotopic (exact) mass is 502 g/mol. The number of rotatable bonds is 6. The fourth-order valence-electron chi connectivity index (χ4n) is 5.23. The van der Waals surface area contributed by atoms with Crippen molar-refractivity contribution in [3.8, 4) is 16.8 Å². The average Bonchev–Trinajstić information content (AvgIpc) is 3.24. The normalized spacial score (nSPS) is 11.3. The fraction of sp³-hybridized carbons (Fsp3) is 0.242. The molecule has 0 saturated carbocycles. The summed E-state index contributed by atoms with van der Waals surface area (Å²) in [7, 11) is 0. The van der Waals surface area contributed by atoms with E-state index in [0.29, 0.717) is 6.54 Å². The van der Waals surface area contributed by atoms with E-state index in [1.165, 1.54) is 11.1 Å². The van der Waals surface area contributed by atoms with Crippen molar-refractivity contribution >= 4 is 16.9 Å². The van der Waals surface area contributed by atoms with Gasteiger partial charge in [-0.25, -0.2) is 4.98 Å². The molecule has 0 aliphatic heterocycles. The van der Waals surface area contributed by atoms with Crippen molar-refractivity contribution in [1.82, 2.24) is 19.4 Å². The van der Waals surface area contributed by atoms with Crippen molar-refractivity contribution in [1.29, 1.82) is 0 Å². The van der Waals surface area contributed by atoms with Crippen molar-refractivity contribution in [3.63, 3.8) is 0 Å². The minimum atomic E-state index is -0.000151. The number of hydrogen-bond acceptors (Lipinski definition) is 3. The van der Waals surface area contributed by atoms with Gasteiger partial charge in [-0.05, 0) is 88.6 Å². The number of aryl methyl sites for hydroxylation is 4. The summed E-state index contributed by atoms with van der Waals surface area (Å²) >= 11 is 0. The molecular formula is C33H34N4O. The Balaban J connectivity index is 1.63. The third-order valence-electron chi connectivity index (χ3n) is 7.10. The number of aromatic nitrogens is 3. The Morgan fingerprint density at radius 3 is 2.21 bits per heavy atom. The van der Waals surface area contributed by atoms with Crippen LogP contribution in [0.5, 0.6) is 0 Å². The van der Waals surface area contributed by atoms with Crippen LogP contribution in [0.4, 0.5) is 0 Å². The first-order valence-electron chi connectivity index (χ1n) is 13.1. The van der Waals surface area contributed by atoms with Gasteiger partial charge in [-0.2, -0.15) is 0 Å². The molecule has 0 fully saturated rings. The molecule has 1 amide bonds. The highest BCUT2D eigenvalue weighted by Gasteiger charge is 2.25. The highest BCUT2D eigenvalue weighted by molar-refractivity contribution is 5.97. The van der Waals surface area contributed by atoms with Crippen LogP contribution in [0.3, 0.4) is 0 Å². The quantitative estimate of drug-likeness (QED) is 0.244. The first kappa shape index (κ1) is 25.4. The van der Waals surface area contributed by atoms with Gasteiger partial charge in [0, 0.05) is 35.2 Å². The van der Waals surface area contributed by atoms with Gasteiger partial charge in [0.25, 0.3) is 5.91 Å². The largest absolute Gasteiger partial charge is 0.329 e. The second-order valence-corrected chi connectivity index (χ2v) is 10.4. The van der Waals surface area contributed by atoms with Crippen LogP contribution in [0.1, 0.15) is 52.3 Å². The van der Waals surface area contributed by atoms with E-state index in [4.69, 9.17) is 4.98 Å². The Bertz CT molecular complexity index is 1590. The van der Waals surface area contributed by atoms with E-state index < -0.39 is 0 Å². The van der Waals surface area contributed by atoms with E-state index in [-0.39, 0.29) is 11.9 Å². The van der Waals surface area contributed by atoms with Crippen LogP contribution in [-0.2, 0) is 6.54 Å². The van der Waals surface area contributed by atoms with Gasteiger partial charge in [0.1, 0.15) is 5.82 Å². The van der Waals surface area contributed by atoms with E-state index in [2.05, 4.69) is 97.9 Å². The molecule has 3 aromatic carbocycles. The molecular weight excluding hydrogens is 468 g/mol. The molecule has 5 aromatic rings. The van der Waals surface area contributed by atoms with Crippen LogP contribution in [0.15, 0.2) is 79.1 Å². The zero-order valence-electron chi connectivity index (χ0n) is 23.0. The molecule has 192 valence electrons. The van der Waals surface area contributed by atoms with Crippen molar-refractivity contribution in [2.45, 2.75) is 54.1 Å². The molecule has 0 saturated heterocycles. The van der Waals surface area contributed by atoms with Crippen molar-refractivity contribution in [2.75, 3.05) is 0 Å². The summed E-state index contributed by atoms with van der Waals surface area (Å²) < 4.78 is 2.18. The first-order valence-corrected chi connectivity index (χ1v) is 13.1. The maximum atomic E-state index is 14.0. The first-order chi connectivity index (χ1) is 18.2. The minimum absolute atomic E-state index is 0.000151. The van der Waals surface area contributed by atoms with Gasteiger partial charge in [-0.1, -0.05) is 47.5 Å². The van der Waals surface area contributed by atoms with Crippen molar-refractivity contribution < 1.29 is 4.79 Å². The van der Waals surface area contributed by atoms with E-state index in [1.54, 1.807) is 6.20 Å². The molecule has 0 spiro atoms. The number of fused-ring (bicyclic) bond motifs is 1. The second-order valence-electron chi connectivity index (χ2n) is 10.4. The van der Waals surface area contributed by atoms with E-state index in [0.717, 1.165) is 50.4 Å². The molecule has 5 nitrogen and oxygen atoms in total. The van der Waals surface area contributed by atoms with Gasteiger partial charge in [-0.15, -0.1) is 0 Å². The Kier molecular flexibility index (Phi) is 6.85. The van der Waals surface area contributed by atoms with Gasteiger partial charge in [0.2, 0.25) is 0 Å². The molecule has 5 rings (SSSR count). The predicted molar refractivity (Wildman–Crippen MR) is 155 cm³/mol. The molecule has 2 aromatic heterocycles. The zero-order chi connectivity index (χ0) is 27.0. The lowest BCUT2D eigenvalue weighted by Crippen LogP contribution is -2.38. The number of carbonyl (C=O) groups excluding carboxylic acids is 1. The smallest absolute Gasteiger partial charge is 0.255 e. The Hall–Kier alpha value is -4.25. The molecule has 5 heteroatoms. The van der Waals surface area contributed by atoms with Gasteiger partial charge in [0.15, 0.2) is 0 Å². The van der Waals surface area contributed by atoms with Gasteiger partial charge >= 0.3 is 0 Å². The van der Waals surface area contributed by atoms with Crippen molar-refractivity contribution in [3.05, 3.63) is 113 Å². The third kappa shape index (κ3) is 4.84. The number of imidazole rings is 1. The second kappa shape index (κ2) is 10.3. The molecule has 0 unspecified atom stereocenters. The standard InChI is InChI=1S/C33H34N4O/c1-21(2)36(33(38)32-24(5)16-23(4)17-25(32)6)20-31-35-29-18-26(27-8-7-15-34-19-27)11-14-30(29)37(31)28-12-9-22(3)10-13-28/h7-19,21H,20H2,1-6H3. The van der Waals surface area contributed by atoms with E-state index >= 15 is 0 Å². The summed E-state index contributed by atoms with van der Waals surface area (Å²) in [6.45, 7) is 12.7. The molecule has 0 aliphatic rings. The summed E-state index contributed by atoms with van der Waals surface area (Å²) in [5, 5.41) is 0.